The van der Waals surface area contributed by atoms with Crippen LogP contribution in [-0.2, 0) is 9.53 Å². The van der Waals surface area contributed by atoms with Gasteiger partial charge in [-0.1, -0.05) is 36.4 Å². The molecule has 0 bridgehead atoms. The Morgan fingerprint density at radius 2 is 1.92 bits per heavy atom. The van der Waals surface area contributed by atoms with Crippen molar-refractivity contribution in [1.82, 2.24) is 5.32 Å². The second-order valence-electron chi connectivity index (χ2n) is 7.30. The monoisotopic (exact) mass is 339 g/mol. The number of benzene rings is 2. The van der Waals surface area contributed by atoms with Gasteiger partial charge in [-0.25, -0.2) is 0 Å². The molecule has 0 radical (unpaired) electrons. The van der Waals surface area contributed by atoms with Gasteiger partial charge >= 0.3 is 0 Å². The molecule has 1 amide bonds. The minimum atomic E-state index is -0.262. The highest BCUT2D eigenvalue weighted by molar-refractivity contribution is 5.97. The van der Waals surface area contributed by atoms with Gasteiger partial charge < -0.3 is 14.8 Å². The molecule has 3 rings (SSSR count). The predicted molar refractivity (Wildman–Crippen MR) is 101 cm³/mol. The van der Waals surface area contributed by atoms with E-state index in [1.165, 1.54) is 11.1 Å². The van der Waals surface area contributed by atoms with Gasteiger partial charge in [-0.15, -0.1) is 0 Å². The maximum Gasteiger partial charge on any atom is 0.258 e. The van der Waals surface area contributed by atoms with Crippen LogP contribution in [0.3, 0.4) is 0 Å². The first-order valence-corrected chi connectivity index (χ1v) is 8.67. The number of hydrogen-bond acceptors (Lipinski definition) is 3. The summed E-state index contributed by atoms with van der Waals surface area (Å²) in [7, 11) is 0. The smallest absolute Gasteiger partial charge is 0.258 e. The molecule has 1 aliphatic rings. The summed E-state index contributed by atoms with van der Waals surface area (Å²) in [5.74, 6) is 0.615. The normalized spacial score (nSPS) is 14.9. The Kier molecular flexibility index (Phi) is 5.09. The molecule has 0 saturated heterocycles. The molecule has 0 unspecified atom stereocenters. The molecule has 132 valence electrons. The van der Waals surface area contributed by atoms with Crippen LogP contribution < -0.4 is 10.1 Å². The molecule has 0 atom stereocenters. The van der Waals surface area contributed by atoms with Gasteiger partial charge in [-0.2, -0.15) is 0 Å². The fourth-order valence-electron chi connectivity index (χ4n) is 3.05. The third-order valence-corrected chi connectivity index (χ3v) is 4.07. The van der Waals surface area contributed by atoms with E-state index in [0.29, 0.717) is 6.61 Å². The summed E-state index contributed by atoms with van der Waals surface area (Å²) in [6, 6.07) is 12.2. The first-order chi connectivity index (χ1) is 11.9. The summed E-state index contributed by atoms with van der Waals surface area (Å²) in [6.45, 7) is 7.29. The van der Waals surface area contributed by atoms with Crippen LogP contribution in [0.25, 0.3) is 16.3 Å². The van der Waals surface area contributed by atoms with Crippen LogP contribution in [0.5, 0.6) is 5.75 Å². The Hall–Kier alpha value is -2.33. The fraction of sp³-hybridized carbons (Fsp3) is 0.381. The lowest BCUT2D eigenvalue weighted by atomic mass is 9.95. The molecule has 4 nitrogen and oxygen atoms in total. The van der Waals surface area contributed by atoms with Gasteiger partial charge in [0.1, 0.15) is 5.75 Å². The van der Waals surface area contributed by atoms with Crippen molar-refractivity contribution in [2.24, 2.45) is 0 Å². The SMILES string of the molecule is CC(C)(C)NC(=O)COc1ccc(C2=CCOCC2)c2ccccc12. The largest absolute Gasteiger partial charge is 0.483 e. The summed E-state index contributed by atoms with van der Waals surface area (Å²) >= 11 is 0. The summed E-state index contributed by atoms with van der Waals surface area (Å²) in [5, 5.41) is 5.08. The highest BCUT2D eigenvalue weighted by Gasteiger charge is 2.16. The summed E-state index contributed by atoms with van der Waals surface area (Å²) in [6.07, 6.45) is 3.06. The molecule has 1 heterocycles. The van der Waals surface area contributed by atoms with Crippen molar-refractivity contribution >= 4 is 22.3 Å². The fourth-order valence-corrected chi connectivity index (χ4v) is 3.05. The molecule has 0 fully saturated rings. The minimum absolute atomic E-state index is 0.0111. The van der Waals surface area contributed by atoms with Gasteiger partial charge in [-0.05, 0) is 49.8 Å². The topological polar surface area (TPSA) is 47.6 Å². The van der Waals surface area contributed by atoms with E-state index in [2.05, 4.69) is 23.5 Å². The second-order valence-corrected chi connectivity index (χ2v) is 7.30. The lowest BCUT2D eigenvalue weighted by molar-refractivity contribution is -0.124. The van der Waals surface area contributed by atoms with E-state index in [4.69, 9.17) is 9.47 Å². The number of rotatable bonds is 4. The quantitative estimate of drug-likeness (QED) is 0.918. The summed E-state index contributed by atoms with van der Waals surface area (Å²) in [4.78, 5) is 12.0. The molecule has 0 aliphatic carbocycles. The number of carbonyl (C=O) groups is 1. The van der Waals surface area contributed by atoms with Gasteiger partial charge in [-0.3, -0.25) is 4.79 Å². The van der Waals surface area contributed by atoms with Gasteiger partial charge in [0.15, 0.2) is 6.61 Å². The maximum atomic E-state index is 12.0. The van der Waals surface area contributed by atoms with Crippen LogP contribution in [0.1, 0.15) is 32.8 Å². The molecular formula is C21H25NO3. The van der Waals surface area contributed by atoms with Crippen molar-refractivity contribution in [2.75, 3.05) is 19.8 Å². The van der Waals surface area contributed by atoms with Crippen molar-refractivity contribution in [3.05, 3.63) is 48.0 Å². The zero-order valence-corrected chi connectivity index (χ0v) is 15.1. The molecular weight excluding hydrogens is 314 g/mol. The average Bonchev–Trinajstić information content (AvgIpc) is 2.59. The van der Waals surface area contributed by atoms with Crippen LogP contribution in [0.2, 0.25) is 0 Å². The molecule has 1 aliphatic heterocycles. The molecule has 2 aromatic carbocycles. The van der Waals surface area contributed by atoms with Crippen LogP contribution in [0.15, 0.2) is 42.5 Å². The van der Waals surface area contributed by atoms with Gasteiger partial charge in [0.2, 0.25) is 0 Å². The van der Waals surface area contributed by atoms with Crippen molar-refractivity contribution < 1.29 is 14.3 Å². The van der Waals surface area contributed by atoms with E-state index in [-0.39, 0.29) is 18.1 Å². The number of fused-ring (bicyclic) bond motifs is 1. The third kappa shape index (κ3) is 4.40. The third-order valence-electron chi connectivity index (χ3n) is 4.07. The number of nitrogens with one attached hydrogen (secondary N) is 1. The number of ether oxygens (including phenoxy) is 2. The van der Waals surface area contributed by atoms with E-state index in [9.17, 15) is 4.79 Å². The zero-order valence-electron chi connectivity index (χ0n) is 15.1. The van der Waals surface area contributed by atoms with Crippen molar-refractivity contribution in [3.63, 3.8) is 0 Å². The van der Waals surface area contributed by atoms with E-state index < -0.39 is 0 Å². The lowest BCUT2D eigenvalue weighted by Gasteiger charge is -2.21. The standard InChI is InChI=1S/C21H25NO3/c1-21(2,3)22-20(23)14-25-19-9-8-16(15-10-12-24-13-11-15)17-6-4-5-7-18(17)19/h4-10H,11-14H2,1-3H3,(H,22,23). The number of carbonyl (C=O) groups excluding carboxylic acids is 1. The summed E-state index contributed by atoms with van der Waals surface area (Å²) in [5.41, 5.74) is 2.26. The molecule has 25 heavy (non-hydrogen) atoms. The van der Waals surface area contributed by atoms with Crippen molar-refractivity contribution in [3.8, 4) is 5.75 Å². The number of hydrogen-bond donors (Lipinski definition) is 1. The van der Waals surface area contributed by atoms with Crippen LogP contribution in [0, 0.1) is 0 Å². The zero-order chi connectivity index (χ0) is 17.9. The Balaban J connectivity index is 1.85. The van der Waals surface area contributed by atoms with E-state index in [1.54, 1.807) is 0 Å². The van der Waals surface area contributed by atoms with E-state index >= 15 is 0 Å². The Morgan fingerprint density at radius 1 is 1.16 bits per heavy atom. The van der Waals surface area contributed by atoms with E-state index in [1.807, 2.05) is 45.0 Å². The molecule has 1 N–H and O–H groups in total. The second kappa shape index (κ2) is 7.28. The predicted octanol–water partition coefficient (Wildman–Crippen LogP) is 3.94. The molecule has 2 aromatic rings. The van der Waals surface area contributed by atoms with Crippen LogP contribution in [-0.4, -0.2) is 31.3 Å². The summed E-state index contributed by atoms with van der Waals surface area (Å²) < 4.78 is 11.2. The van der Waals surface area contributed by atoms with Crippen LogP contribution >= 0.6 is 0 Å². The highest BCUT2D eigenvalue weighted by Crippen LogP contribution is 2.34. The molecule has 4 heteroatoms. The average molecular weight is 339 g/mol. The maximum absolute atomic E-state index is 12.0. The van der Waals surface area contributed by atoms with Crippen LogP contribution in [0.4, 0.5) is 0 Å². The van der Waals surface area contributed by atoms with Crippen molar-refractivity contribution in [1.29, 1.82) is 0 Å². The first-order valence-electron chi connectivity index (χ1n) is 8.67. The molecule has 0 spiro atoms. The minimum Gasteiger partial charge on any atom is -0.483 e. The Labute approximate surface area is 148 Å². The highest BCUT2D eigenvalue weighted by atomic mass is 16.5. The van der Waals surface area contributed by atoms with Crippen molar-refractivity contribution in [2.45, 2.75) is 32.7 Å². The Morgan fingerprint density at radius 3 is 2.60 bits per heavy atom. The van der Waals surface area contributed by atoms with Gasteiger partial charge in [0.25, 0.3) is 5.91 Å². The van der Waals surface area contributed by atoms with Gasteiger partial charge in [0.05, 0.1) is 13.2 Å². The Bertz CT molecular complexity index is 802. The van der Waals surface area contributed by atoms with Gasteiger partial charge in [0, 0.05) is 10.9 Å². The lowest BCUT2D eigenvalue weighted by Crippen LogP contribution is -2.43. The molecule has 0 saturated carbocycles. The van der Waals surface area contributed by atoms with E-state index in [0.717, 1.165) is 29.5 Å². The number of amides is 1. The molecule has 0 aromatic heterocycles. The first kappa shape index (κ1) is 17.5.